The minimum Gasteiger partial charge on any atom is -0.490 e. The van der Waals surface area contributed by atoms with Crippen LogP contribution in [0.4, 0.5) is 5.69 Å². The first-order valence-electron chi connectivity index (χ1n) is 8.67. The summed E-state index contributed by atoms with van der Waals surface area (Å²) in [6.45, 7) is 3.36. The van der Waals surface area contributed by atoms with Gasteiger partial charge in [0.25, 0.3) is 5.91 Å². The summed E-state index contributed by atoms with van der Waals surface area (Å²) in [4.78, 5) is 24.2. The Hall–Kier alpha value is -3.02. The summed E-state index contributed by atoms with van der Waals surface area (Å²) >= 11 is 0. The third-order valence-electron chi connectivity index (χ3n) is 4.06. The van der Waals surface area contributed by atoms with Gasteiger partial charge in [-0.05, 0) is 30.7 Å². The number of fused-ring (bicyclic) bond motifs is 1. The van der Waals surface area contributed by atoms with Crippen molar-refractivity contribution < 1.29 is 19.1 Å². The molecule has 1 aliphatic rings. The Kier molecular flexibility index (Phi) is 5.73. The summed E-state index contributed by atoms with van der Waals surface area (Å²) in [5.74, 6) is 0.968. The molecular formula is C20H22N2O4. The molecule has 1 aliphatic heterocycles. The van der Waals surface area contributed by atoms with Gasteiger partial charge in [-0.15, -0.1) is 0 Å². The molecule has 0 unspecified atom stereocenters. The fraction of sp³-hybridized carbons (Fsp3) is 0.300. The van der Waals surface area contributed by atoms with Gasteiger partial charge in [-0.3, -0.25) is 9.59 Å². The van der Waals surface area contributed by atoms with E-state index in [0.717, 1.165) is 12.0 Å². The van der Waals surface area contributed by atoms with Gasteiger partial charge in [0, 0.05) is 36.7 Å². The molecule has 0 aliphatic carbocycles. The number of hydrogen-bond acceptors (Lipinski definition) is 4. The Morgan fingerprint density at radius 2 is 1.81 bits per heavy atom. The summed E-state index contributed by atoms with van der Waals surface area (Å²) in [5, 5.41) is 5.58. The molecule has 6 nitrogen and oxygen atoms in total. The zero-order valence-electron chi connectivity index (χ0n) is 14.7. The Bertz CT molecular complexity index is 804. The summed E-state index contributed by atoms with van der Waals surface area (Å²) in [7, 11) is 0. The molecule has 0 radical (unpaired) electrons. The van der Waals surface area contributed by atoms with Crippen LogP contribution < -0.4 is 20.1 Å². The van der Waals surface area contributed by atoms with Gasteiger partial charge < -0.3 is 20.1 Å². The van der Waals surface area contributed by atoms with Crippen molar-refractivity contribution >= 4 is 17.5 Å². The maximum atomic E-state index is 12.1. The van der Waals surface area contributed by atoms with E-state index in [9.17, 15) is 9.59 Å². The Morgan fingerprint density at radius 3 is 2.62 bits per heavy atom. The van der Waals surface area contributed by atoms with E-state index in [4.69, 9.17) is 9.47 Å². The lowest BCUT2D eigenvalue weighted by Crippen LogP contribution is -2.28. The van der Waals surface area contributed by atoms with Crippen LogP contribution in [0.2, 0.25) is 0 Å². The zero-order chi connectivity index (χ0) is 18.4. The molecule has 0 saturated heterocycles. The summed E-state index contributed by atoms with van der Waals surface area (Å²) < 4.78 is 11.2. The number of aryl methyl sites for hydroxylation is 1. The van der Waals surface area contributed by atoms with Crippen LogP contribution in [0.5, 0.6) is 11.5 Å². The molecule has 2 aromatic rings. The van der Waals surface area contributed by atoms with Crippen LogP contribution in [0.25, 0.3) is 0 Å². The second-order valence-corrected chi connectivity index (χ2v) is 6.08. The second-order valence-electron chi connectivity index (χ2n) is 6.08. The van der Waals surface area contributed by atoms with Crippen LogP contribution in [0.15, 0.2) is 42.5 Å². The van der Waals surface area contributed by atoms with Crippen LogP contribution in [0.3, 0.4) is 0 Å². The number of nitrogens with one attached hydrogen (secondary N) is 2. The van der Waals surface area contributed by atoms with E-state index in [-0.39, 0.29) is 24.8 Å². The van der Waals surface area contributed by atoms with E-state index in [1.807, 2.05) is 25.1 Å². The van der Waals surface area contributed by atoms with Crippen molar-refractivity contribution in [3.8, 4) is 11.5 Å². The highest BCUT2D eigenvalue weighted by molar-refractivity contribution is 5.96. The minimum absolute atomic E-state index is 0.175. The maximum Gasteiger partial charge on any atom is 0.251 e. The fourth-order valence-corrected chi connectivity index (χ4v) is 2.68. The Labute approximate surface area is 152 Å². The molecule has 0 spiro atoms. The number of anilines is 1. The summed E-state index contributed by atoms with van der Waals surface area (Å²) in [6.07, 6.45) is 1.02. The van der Waals surface area contributed by atoms with Gasteiger partial charge in [0.2, 0.25) is 5.91 Å². The predicted molar refractivity (Wildman–Crippen MR) is 98.8 cm³/mol. The highest BCUT2D eigenvalue weighted by Gasteiger charge is 2.12. The number of ether oxygens (including phenoxy) is 2. The molecule has 2 N–H and O–H groups in total. The molecular weight excluding hydrogens is 332 g/mol. The van der Waals surface area contributed by atoms with E-state index in [2.05, 4.69) is 10.6 Å². The second kappa shape index (κ2) is 8.38. The largest absolute Gasteiger partial charge is 0.490 e. The lowest BCUT2D eigenvalue weighted by atomic mass is 10.1. The molecule has 26 heavy (non-hydrogen) atoms. The first-order chi connectivity index (χ1) is 12.6. The highest BCUT2D eigenvalue weighted by atomic mass is 16.5. The average molecular weight is 354 g/mol. The Balaban J connectivity index is 1.49. The minimum atomic E-state index is -0.176. The third kappa shape index (κ3) is 4.53. The number of hydrogen-bond donors (Lipinski definition) is 2. The summed E-state index contributed by atoms with van der Waals surface area (Å²) in [6, 6.07) is 12.7. The normalized spacial score (nSPS) is 12.8. The first-order valence-corrected chi connectivity index (χ1v) is 8.67. The van der Waals surface area contributed by atoms with Gasteiger partial charge in [-0.2, -0.15) is 0 Å². The van der Waals surface area contributed by atoms with Crippen molar-refractivity contribution in [1.29, 1.82) is 0 Å². The third-order valence-corrected chi connectivity index (χ3v) is 4.06. The van der Waals surface area contributed by atoms with E-state index >= 15 is 0 Å². The van der Waals surface area contributed by atoms with Crippen molar-refractivity contribution in [1.82, 2.24) is 5.32 Å². The van der Waals surface area contributed by atoms with Crippen molar-refractivity contribution in [3.05, 3.63) is 53.6 Å². The average Bonchev–Trinajstić information content (AvgIpc) is 2.87. The van der Waals surface area contributed by atoms with Crippen molar-refractivity contribution in [2.75, 3.05) is 25.1 Å². The molecule has 0 aromatic heterocycles. The van der Waals surface area contributed by atoms with Gasteiger partial charge in [0.15, 0.2) is 11.5 Å². The molecule has 1 heterocycles. The molecule has 0 bridgehead atoms. The molecule has 0 saturated carbocycles. The lowest BCUT2D eigenvalue weighted by Gasteiger charge is -2.11. The number of amides is 2. The lowest BCUT2D eigenvalue weighted by molar-refractivity contribution is -0.116. The monoisotopic (exact) mass is 354 g/mol. The SMILES string of the molecule is Cc1ccccc1C(=O)NCCC(=O)Nc1ccc2c(c1)OCCCO2. The smallest absolute Gasteiger partial charge is 0.251 e. The quantitative estimate of drug-likeness (QED) is 0.866. The molecule has 3 rings (SSSR count). The highest BCUT2D eigenvalue weighted by Crippen LogP contribution is 2.32. The molecule has 0 fully saturated rings. The number of rotatable bonds is 5. The van der Waals surface area contributed by atoms with Gasteiger partial charge in [0.1, 0.15) is 0 Å². The Morgan fingerprint density at radius 1 is 1.04 bits per heavy atom. The maximum absolute atomic E-state index is 12.1. The number of carbonyl (C=O) groups is 2. The summed E-state index contributed by atoms with van der Waals surface area (Å²) in [5.41, 5.74) is 2.17. The first kappa shape index (κ1) is 17.8. The fourth-order valence-electron chi connectivity index (χ4n) is 2.68. The van der Waals surface area contributed by atoms with Crippen LogP contribution in [-0.4, -0.2) is 31.6 Å². The van der Waals surface area contributed by atoms with Gasteiger partial charge in [0.05, 0.1) is 13.2 Å². The van der Waals surface area contributed by atoms with E-state index in [0.29, 0.717) is 36.0 Å². The molecule has 0 atom stereocenters. The molecule has 6 heteroatoms. The van der Waals surface area contributed by atoms with E-state index in [1.165, 1.54) is 0 Å². The molecule has 136 valence electrons. The van der Waals surface area contributed by atoms with Gasteiger partial charge >= 0.3 is 0 Å². The van der Waals surface area contributed by atoms with Crippen LogP contribution >= 0.6 is 0 Å². The van der Waals surface area contributed by atoms with Gasteiger partial charge in [-0.25, -0.2) is 0 Å². The molecule has 2 aromatic carbocycles. The van der Waals surface area contributed by atoms with Crippen LogP contribution in [-0.2, 0) is 4.79 Å². The van der Waals surface area contributed by atoms with Crippen molar-refractivity contribution in [2.24, 2.45) is 0 Å². The number of benzene rings is 2. The molecule has 2 amide bonds. The van der Waals surface area contributed by atoms with Crippen LogP contribution in [0, 0.1) is 6.92 Å². The van der Waals surface area contributed by atoms with E-state index < -0.39 is 0 Å². The van der Waals surface area contributed by atoms with Gasteiger partial charge in [-0.1, -0.05) is 18.2 Å². The van der Waals surface area contributed by atoms with Crippen molar-refractivity contribution in [3.63, 3.8) is 0 Å². The topological polar surface area (TPSA) is 76.7 Å². The van der Waals surface area contributed by atoms with Crippen LogP contribution in [0.1, 0.15) is 28.8 Å². The van der Waals surface area contributed by atoms with E-state index in [1.54, 1.807) is 24.3 Å². The number of carbonyl (C=O) groups excluding carboxylic acids is 2. The van der Waals surface area contributed by atoms with Crippen molar-refractivity contribution in [2.45, 2.75) is 19.8 Å². The zero-order valence-corrected chi connectivity index (χ0v) is 14.7. The predicted octanol–water partition coefficient (Wildman–Crippen LogP) is 2.91. The standard InChI is InChI=1S/C20H22N2O4/c1-14-5-2-3-6-16(14)20(24)21-10-9-19(23)22-15-7-8-17-18(13-15)26-12-4-11-25-17/h2-3,5-8,13H,4,9-12H2,1H3,(H,21,24)(H,22,23).